The Labute approximate surface area is 132 Å². The molecule has 0 aromatic heterocycles. The largest absolute Gasteiger partial charge is 0.494 e. The molecule has 2 aromatic carbocycles. The Bertz CT molecular complexity index is 745. The first-order chi connectivity index (χ1) is 11.2. The van der Waals surface area contributed by atoms with Gasteiger partial charge in [-0.3, -0.25) is 9.59 Å². The van der Waals surface area contributed by atoms with Crippen LogP contribution in [0.2, 0.25) is 0 Å². The first kappa shape index (κ1) is 15.5. The van der Waals surface area contributed by atoms with E-state index in [0.717, 1.165) is 11.3 Å². The summed E-state index contributed by atoms with van der Waals surface area (Å²) >= 11 is 0. The fourth-order valence-corrected chi connectivity index (χ4v) is 2.36. The quantitative estimate of drug-likeness (QED) is 0.575. The van der Waals surface area contributed by atoms with Gasteiger partial charge in [0.05, 0.1) is 19.8 Å². The van der Waals surface area contributed by atoms with Crippen LogP contribution in [-0.2, 0) is 9.47 Å². The molecule has 2 aromatic rings. The number of nitrogens with two attached hydrogens (primary N) is 1. The molecule has 0 unspecified atom stereocenters. The highest BCUT2D eigenvalue weighted by molar-refractivity contribution is 5.71. The van der Waals surface area contributed by atoms with Crippen molar-refractivity contribution in [3.8, 4) is 5.75 Å². The van der Waals surface area contributed by atoms with Crippen LogP contribution in [0.25, 0.3) is 0 Å². The van der Waals surface area contributed by atoms with Crippen molar-refractivity contribution in [2.24, 2.45) is 0 Å². The molecule has 0 spiro atoms. The normalized spacial score (nSPS) is 15.1. The number of benzene rings is 1. The number of anilines is 2. The van der Waals surface area contributed by atoms with E-state index in [4.69, 9.17) is 19.9 Å². The molecule has 3 N–H and O–H groups in total. The van der Waals surface area contributed by atoms with Crippen LogP contribution in [0.5, 0.6) is 5.75 Å². The van der Waals surface area contributed by atoms with Gasteiger partial charge in [-0.25, -0.2) is 0 Å². The Morgan fingerprint density at radius 3 is 2.74 bits per heavy atom. The van der Waals surface area contributed by atoms with Crippen molar-refractivity contribution in [3.05, 3.63) is 50.3 Å². The fourth-order valence-electron chi connectivity index (χ4n) is 2.36. The molecule has 1 aliphatic heterocycles. The second-order valence-corrected chi connectivity index (χ2v) is 5.22. The number of hydrogen-bond acceptors (Lipinski definition) is 7. The highest BCUT2D eigenvalue weighted by atomic mass is 16.7. The molecule has 3 rings (SSSR count). The minimum Gasteiger partial charge on any atom is -0.494 e. The molecular formula is C16H18N2O5. The van der Waals surface area contributed by atoms with Gasteiger partial charge in [-0.05, 0) is 18.6 Å². The predicted octanol–water partition coefficient (Wildman–Crippen LogP) is 0.791. The van der Waals surface area contributed by atoms with Crippen LogP contribution in [0.1, 0.15) is 18.3 Å². The summed E-state index contributed by atoms with van der Waals surface area (Å²) in [6, 6.07) is 7.57. The van der Waals surface area contributed by atoms with E-state index >= 15 is 0 Å². The summed E-state index contributed by atoms with van der Waals surface area (Å²) in [4.78, 5) is 22.2. The molecule has 0 saturated carbocycles. The lowest BCUT2D eigenvalue weighted by Gasteiger charge is -2.12. The summed E-state index contributed by atoms with van der Waals surface area (Å²) in [5.41, 5.74) is 5.42. The Morgan fingerprint density at radius 2 is 2.00 bits per heavy atom. The van der Waals surface area contributed by atoms with Gasteiger partial charge in [-0.2, -0.15) is 0 Å². The van der Waals surface area contributed by atoms with Gasteiger partial charge >= 0.3 is 0 Å². The summed E-state index contributed by atoms with van der Waals surface area (Å²) in [5.74, 6) is 0.732. The van der Waals surface area contributed by atoms with Crippen LogP contribution in [0.3, 0.4) is 0 Å². The van der Waals surface area contributed by atoms with Crippen molar-refractivity contribution in [1.29, 1.82) is 0 Å². The third kappa shape index (κ3) is 3.35. The highest BCUT2D eigenvalue weighted by Gasteiger charge is 2.18. The van der Waals surface area contributed by atoms with Crippen LogP contribution in [0.15, 0.2) is 33.9 Å². The zero-order valence-corrected chi connectivity index (χ0v) is 12.5. The van der Waals surface area contributed by atoms with E-state index in [1.165, 1.54) is 0 Å². The van der Waals surface area contributed by atoms with Crippen molar-refractivity contribution >= 4 is 11.4 Å². The van der Waals surface area contributed by atoms with Gasteiger partial charge in [0, 0.05) is 12.1 Å². The lowest BCUT2D eigenvalue weighted by atomic mass is 10.2. The molecule has 23 heavy (non-hydrogen) atoms. The molecule has 1 saturated heterocycles. The summed E-state index contributed by atoms with van der Waals surface area (Å²) in [6.45, 7) is 2.17. The zero-order chi connectivity index (χ0) is 16.2. The number of nitrogens with one attached hydrogen (secondary N) is 1. The average molecular weight is 318 g/mol. The molecule has 122 valence electrons. The van der Waals surface area contributed by atoms with Crippen LogP contribution in [0, 0.1) is 0 Å². The first-order valence-electron chi connectivity index (χ1n) is 7.45. The Hall–Kier alpha value is -2.38. The van der Waals surface area contributed by atoms with Gasteiger partial charge < -0.3 is 25.3 Å². The maximum atomic E-state index is 11.2. The second-order valence-electron chi connectivity index (χ2n) is 5.22. The molecule has 7 nitrogen and oxygen atoms in total. The molecule has 0 bridgehead atoms. The van der Waals surface area contributed by atoms with Gasteiger partial charge in [0.15, 0.2) is 6.29 Å². The van der Waals surface area contributed by atoms with Gasteiger partial charge in [0.2, 0.25) is 0 Å². The number of rotatable bonds is 7. The summed E-state index contributed by atoms with van der Waals surface area (Å²) in [5, 5.41) is 2.86. The van der Waals surface area contributed by atoms with Crippen molar-refractivity contribution < 1.29 is 14.2 Å². The predicted molar refractivity (Wildman–Crippen MR) is 85.5 cm³/mol. The molecule has 1 fully saturated rings. The lowest BCUT2D eigenvalue weighted by molar-refractivity contribution is -0.0442. The van der Waals surface area contributed by atoms with Crippen LogP contribution in [-0.4, -0.2) is 26.4 Å². The average Bonchev–Trinajstić information content (AvgIpc) is 3.12. The number of nitrogen functional groups attached to an aromatic ring is 1. The van der Waals surface area contributed by atoms with E-state index in [-0.39, 0.29) is 17.7 Å². The van der Waals surface area contributed by atoms with Crippen LogP contribution in [0.4, 0.5) is 11.4 Å². The smallest absolute Gasteiger partial charge is 0.253 e. The molecule has 7 heteroatoms. The van der Waals surface area contributed by atoms with Crippen molar-refractivity contribution in [2.75, 3.05) is 37.4 Å². The molecule has 0 amide bonds. The van der Waals surface area contributed by atoms with E-state index in [2.05, 4.69) is 5.32 Å². The molecule has 0 atom stereocenters. The van der Waals surface area contributed by atoms with Crippen molar-refractivity contribution in [3.63, 3.8) is 0 Å². The standard InChI is InChI=1S/C16H18N2O5/c17-12-13(15(20)14(12)19)18-5-2-6-21-11-4-1-3-10(9-11)16-22-7-8-23-16/h1,3-4,9,16,18H,2,5-8,17H2. The van der Waals surface area contributed by atoms with E-state index < -0.39 is 10.9 Å². The van der Waals surface area contributed by atoms with Gasteiger partial charge in [0.25, 0.3) is 10.9 Å². The minimum atomic E-state index is -0.614. The number of ether oxygens (including phenoxy) is 3. The zero-order valence-electron chi connectivity index (χ0n) is 12.5. The molecule has 0 aliphatic carbocycles. The third-order valence-electron chi connectivity index (χ3n) is 3.59. The third-order valence-corrected chi connectivity index (χ3v) is 3.59. The summed E-state index contributed by atoms with van der Waals surface area (Å²) in [7, 11) is 0. The Balaban J connectivity index is 1.43. The summed E-state index contributed by atoms with van der Waals surface area (Å²) in [6.07, 6.45) is 0.344. The van der Waals surface area contributed by atoms with E-state index in [0.29, 0.717) is 32.8 Å². The molecule has 1 aliphatic rings. The van der Waals surface area contributed by atoms with E-state index in [1.807, 2.05) is 24.3 Å². The first-order valence-corrected chi connectivity index (χ1v) is 7.45. The van der Waals surface area contributed by atoms with Gasteiger partial charge in [-0.15, -0.1) is 0 Å². The second kappa shape index (κ2) is 6.80. The van der Waals surface area contributed by atoms with E-state index in [1.54, 1.807) is 0 Å². The monoisotopic (exact) mass is 318 g/mol. The Morgan fingerprint density at radius 1 is 1.22 bits per heavy atom. The highest BCUT2D eigenvalue weighted by Crippen LogP contribution is 2.26. The van der Waals surface area contributed by atoms with Crippen LogP contribution >= 0.6 is 0 Å². The molecular weight excluding hydrogens is 300 g/mol. The SMILES string of the molecule is Nc1c(NCCCOc2cccc(C3OCCO3)c2)c(=O)c1=O. The van der Waals surface area contributed by atoms with Crippen molar-refractivity contribution in [1.82, 2.24) is 0 Å². The maximum absolute atomic E-state index is 11.2. The number of hydrogen-bond donors (Lipinski definition) is 2. The fraction of sp³-hybridized carbons (Fsp3) is 0.375. The van der Waals surface area contributed by atoms with E-state index in [9.17, 15) is 9.59 Å². The lowest BCUT2D eigenvalue weighted by Crippen LogP contribution is -2.37. The molecule has 1 heterocycles. The summed E-state index contributed by atoms with van der Waals surface area (Å²) < 4.78 is 16.6. The van der Waals surface area contributed by atoms with Crippen LogP contribution < -0.4 is 26.6 Å². The topological polar surface area (TPSA) is 99.9 Å². The Kier molecular flexibility index (Phi) is 4.59. The van der Waals surface area contributed by atoms with Gasteiger partial charge in [0.1, 0.15) is 17.1 Å². The molecule has 0 radical (unpaired) electrons. The van der Waals surface area contributed by atoms with Gasteiger partial charge in [-0.1, -0.05) is 12.1 Å². The van der Waals surface area contributed by atoms with Crippen molar-refractivity contribution in [2.45, 2.75) is 12.7 Å². The maximum Gasteiger partial charge on any atom is 0.253 e. The minimum absolute atomic E-state index is 0.0141.